The number of para-hydroxylation sites is 2. The molecule has 0 amide bonds. The van der Waals surface area contributed by atoms with E-state index in [1.54, 1.807) is 0 Å². The molecule has 6 nitrogen and oxygen atoms in total. The number of aryl methyl sites for hydroxylation is 1. The molecule has 0 saturated heterocycles. The first kappa shape index (κ1) is 20.4. The molecule has 3 aromatic heterocycles. The average molecular weight is 407 g/mol. The highest BCUT2D eigenvalue weighted by molar-refractivity contribution is 6.01. The number of aromatic nitrogens is 4. The Balaban J connectivity index is 2.06. The summed E-state index contributed by atoms with van der Waals surface area (Å²) in [6.07, 6.45) is 2.94. The molecule has 30 heavy (non-hydrogen) atoms. The fourth-order valence-corrected chi connectivity index (χ4v) is 3.69. The van der Waals surface area contributed by atoms with Crippen LogP contribution in [0.1, 0.15) is 59.7 Å². The van der Waals surface area contributed by atoms with E-state index >= 15 is 0 Å². The number of carbonyl (C=O) groups excluding carboxylic acids is 1. The number of rotatable bonds is 6. The van der Waals surface area contributed by atoms with Crippen molar-refractivity contribution in [2.45, 2.75) is 60.4 Å². The molecule has 0 N–H and O–H groups in total. The monoisotopic (exact) mass is 406 g/mol. The summed E-state index contributed by atoms with van der Waals surface area (Å²) < 4.78 is 10.1. The van der Waals surface area contributed by atoms with E-state index in [9.17, 15) is 4.79 Å². The van der Waals surface area contributed by atoms with Crippen LogP contribution in [0.3, 0.4) is 0 Å². The minimum absolute atomic E-state index is 0.211. The van der Waals surface area contributed by atoms with Crippen LogP contribution in [0.15, 0.2) is 30.5 Å². The van der Waals surface area contributed by atoms with Crippen molar-refractivity contribution in [3.8, 4) is 5.75 Å². The Labute approximate surface area is 176 Å². The van der Waals surface area contributed by atoms with Gasteiger partial charge in [0.25, 0.3) is 0 Å². The molecule has 0 saturated carbocycles. The van der Waals surface area contributed by atoms with E-state index in [1.165, 1.54) is 0 Å². The van der Waals surface area contributed by atoms with E-state index in [2.05, 4.69) is 42.7 Å². The average Bonchev–Trinajstić information content (AvgIpc) is 3.23. The van der Waals surface area contributed by atoms with Crippen molar-refractivity contribution in [1.29, 1.82) is 0 Å². The van der Waals surface area contributed by atoms with Crippen LogP contribution in [0.25, 0.3) is 27.7 Å². The molecule has 0 radical (unpaired) electrons. The van der Waals surface area contributed by atoms with Crippen LogP contribution in [-0.4, -0.2) is 24.9 Å². The molecular formula is C24H30N4O2. The van der Waals surface area contributed by atoms with Crippen LogP contribution in [0, 0.1) is 11.8 Å². The lowest BCUT2D eigenvalue weighted by atomic mass is 10.1. The molecule has 0 atom stereocenters. The van der Waals surface area contributed by atoms with Gasteiger partial charge in [0.2, 0.25) is 0 Å². The molecule has 0 aliphatic heterocycles. The van der Waals surface area contributed by atoms with Gasteiger partial charge in [0.1, 0.15) is 16.9 Å². The maximum atomic E-state index is 12.4. The van der Waals surface area contributed by atoms with Crippen molar-refractivity contribution in [2.24, 2.45) is 11.8 Å². The van der Waals surface area contributed by atoms with Gasteiger partial charge in [-0.05, 0) is 24.5 Å². The minimum Gasteiger partial charge on any atom is -0.424 e. The van der Waals surface area contributed by atoms with Crippen molar-refractivity contribution in [3.05, 3.63) is 36.3 Å². The van der Waals surface area contributed by atoms with E-state index in [-0.39, 0.29) is 17.8 Å². The maximum absolute atomic E-state index is 12.4. The van der Waals surface area contributed by atoms with Crippen LogP contribution in [0.2, 0.25) is 0 Å². The normalized spacial score (nSPS) is 12.3. The number of nitrogens with zero attached hydrogens (tertiary/aromatic N) is 4. The Kier molecular flexibility index (Phi) is 5.26. The number of imidazole rings is 1. The topological polar surface area (TPSA) is 61.4 Å². The van der Waals surface area contributed by atoms with Gasteiger partial charge in [-0.3, -0.25) is 9.20 Å². The van der Waals surface area contributed by atoms with Gasteiger partial charge in [0.05, 0.1) is 17.0 Å². The van der Waals surface area contributed by atoms with E-state index in [4.69, 9.17) is 14.7 Å². The van der Waals surface area contributed by atoms with E-state index in [1.807, 2.05) is 38.2 Å². The molecule has 0 unspecified atom stereocenters. The van der Waals surface area contributed by atoms with Gasteiger partial charge in [-0.25, -0.2) is 9.97 Å². The Morgan fingerprint density at radius 2 is 1.77 bits per heavy atom. The second-order valence-corrected chi connectivity index (χ2v) is 9.03. The quantitative estimate of drug-likeness (QED) is 0.393. The summed E-state index contributed by atoms with van der Waals surface area (Å²) in [5, 5.41) is 0.799. The standard InChI is InChI=1S/C24H30N4O2/c1-14(2)11-12-27-13-19(30-24(29)16(5)6)20-22(27)26-21(15(3)4)28-18-10-8-7-9-17(18)25-23(20)28/h7-10,13-16H,11-12H2,1-6H3. The lowest BCUT2D eigenvalue weighted by Crippen LogP contribution is -2.14. The first-order valence-corrected chi connectivity index (χ1v) is 10.8. The smallest absolute Gasteiger partial charge is 0.313 e. The van der Waals surface area contributed by atoms with Gasteiger partial charge in [-0.1, -0.05) is 53.7 Å². The SMILES string of the molecule is CC(C)CCn1cc(OC(=O)C(C)C)c2c1nc(C(C)C)n1c3ccccc3nc21. The lowest BCUT2D eigenvalue weighted by molar-refractivity contribution is -0.137. The van der Waals surface area contributed by atoms with Crippen LogP contribution in [0.4, 0.5) is 0 Å². The maximum Gasteiger partial charge on any atom is 0.313 e. The predicted molar refractivity (Wildman–Crippen MR) is 120 cm³/mol. The van der Waals surface area contributed by atoms with E-state index in [0.717, 1.165) is 46.5 Å². The zero-order valence-electron chi connectivity index (χ0n) is 18.6. The molecular weight excluding hydrogens is 376 g/mol. The summed E-state index contributed by atoms with van der Waals surface area (Å²) in [6.45, 7) is 13.2. The first-order chi connectivity index (χ1) is 14.3. The summed E-state index contributed by atoms with van der Waals surface area (Å²) >= 11 is 0. The molecule has 4 rings (SSSR count). The van der Waals surface area contributed by atoms with Crippen LogP contribution < -0.4 is 4.74 Å². The third-order valence-corrected chi connectivity index (χ3v) is 5.39. The molecule has 0 spiro atoms. The lowest BCUT2D eigenvalue weighted by Gasteiger charge is -2.12. The molecule has 4 aromatic rings. The van der Waals surface area contributed by atoms with Gasteiger partial charge in [0, 0.05) is 18.7 Å². The molecule has 3 heterocycles. The fourth-order valence-electron chi connectivity index (χ4n) is 3.69. The first-order valence-electron chi connectivity index (χ1n) is 10.8. The molecule has 1 aromatic carbocycles. The number of fused-ring (bicyclic) bond motifs is 5. The summed E-state index contributed by atoms with van der Waals surface area (Å²) in [7, 11) is 0. The highest BCUT2D eigenvalue weighted by Gasteiger charge is 2.24. The molecule has 158 valence electrons. The van der Waals surface area contributed by atoms with Crippen LogP contribution in [0.5, 0.6) is 5.75 Å². The van der Waals surface area contributed by atoms with E-state index < -0.39 is 0 Å². The zero-order valence-corrected chi connectivity index (χ0v) is 18.6. The Bertz CT molecular complexity index is 1230. The highest BCUT2D eigenvalue weighted by Crippen LogP contribution is 2.35. The van der Waals surface area contributed by atoms with Crippen molar-refractivity contribution in [3.63, 3.8) is 0 Å². The summed E-state index contributed by atoms with van der Waals surface area (Å²) in [6, 6.07) is 8.07. The minimum atomic E-state index is -0.250. The Hall–Kier alpha value is -2.89. The molecule has 0 bridgehead atoms. The second kappa shape index (κ2) is 7.74. The van der Waals surface area contributed by atoms with E-state index in [0.29, 0.717) is 11.7 Å². The Morgan fingerprint density at radius 1 is 1.03 bits per heavy atom. The summed E-state index contributed by atoms with van der Waals surface area (Å²) in [5.41, 5.74) is 3.54. The van der Waals surface area contributed by atoms with Crippen molar-refractivity contribution < 1.29 is 9.53 Å². The second-order valence-electron chi connectivity index (χ2n) is 9.03. The highest BCUT2D eigenvalue weighted by atomic mass is 16.5. The molecule has 6 heteroatoms. The molecule has 0 aliphatic carbocycles. The molecule has 0 fully saturated rings. The Morgan fingerprint density at radius 3 is 2.43 bits per heavy atom. The number of hydrogen-bond donors (Lipinski definition) is 0. The van der Waals surface area contributed by atoms with Crippen molar-refractivity contribution in [2.75, 3.05) is 0 Å². The van der Waals surface area contributed by atoms with Crippen molar-refractivity contribution in [1.82, 2.24) is 18.9 Å². The number of hydrogen-bond acceptors (Lipinski definition) is 4. The number of esters is 1. The van der Waals surface area contributed by atoms with Gasteiger partial charge in [0.15, 0.2) is 11.4 Å². The molecule has 0 aliphatic rings. The van der Waals surface area contributed by atoms with Gasteiger partial charge in [-0.15, -0.1) is 0 Å². The zero-order chi connectivity index (χ0) is 21.6. The summed E-state index contributed by atoms with van der Waals surface area (Å²) in [4.78, 5) is 22.4. The van der Waals surface area contributed by atoms with Gasteiger partial charge >= 0.3 is 5.97 Å². The van der Waals surface area contributed by atoms with Crippen LogP contribution >= 0.6 is 0 Å². The number of ether oxygens (including phenoxy) is 1. The predicted octanol–water partition coefficient (Wildman–Crippen LogP) is 5.57. The largest absolute Gasteiger partial charge is 0.424 e. The third-order valence-electron chi connectivity index (χ3n) is 5.39. The number of carbonyl (C=O) groups is 1. The van der Waals surface area contributed by atoms with Crippen LogP contribution in [-0.2, 0) is 11.3 Å². The van der Waals surface area contributed by atoms with Gasteiger partial charge in [-0.2, -0.15) is 0 Å². The fraction of sp³-hybridized carbons (Fsp3) is 0.458. The summed E-state index contributed by atoms with van der Waals surface area (Å²) in [5.74, 6) is 1.81. The van der Waals surface area contributed by atoms with Crippen molar-refractivity contribution >= 4 is 33.7 Å². The number of benzene rings is 1. The van der Waals surface area contributed by atoms with Gasteiger partial charge < -0.3 is 9.30 Å². The third kappa shape index (κ3) is 3.44.